The maximum atomic E-state index is 11.1. The van der Waals surface area contributed by atoms with Crippen LogP contribution in [-0.4, -0.2) is 10.9 Å². The summed E-state index contributed by atoms with van der Waals surface area (Å²) in [5.41, 5.74) is 6.02. The van der Waals surface area contributed by atoms with E-state index in [-0.39, 0.29) is 5.91 Å². The molecule has 0 saturated heterocycles. The summed E-state index contributed by atoms with van der Waals surface area (Å²) in [6.45, 7) is 3.46. The van der Waals surface area contributed by atoms with E-state index in [0.29, 0.717) is 17.9 Å². The topological polar surface area (TPSA) is 68.0 Å². The molecular weight excluding hydrogens is 166 g/mol. The average Bonchev–Trinajstić information content (AvgIpc) is 2.09. The second-order valence-corrected chi connectivity index (χ2v) is 2.51. The van der Waals surface area contributed by atoms with Gasteiger partial charge in [0.25, 0.3) is 0 Å². The molecule has 0 aromatic carbocycles. The van der Waals surface area contributed by atoms with Crippen molar-refractivity contribution in [2.75, 3.05) is 11.1 Å². The van der Waals surface area contributed by atoms with Gasteiger partial charge in [0.1, 0.15) is 5.82 Å². The zero-order chi connectivity index (χ0) is 9.68. The van der Waals surface area contributed by atoms with E-state index in [0.717, 1.165) is 0 Å². The van der Waals surface area contributed by atoms with Crippen LogP contribution in [0.3, 0.4) is 0 Å². The number of pyridine rings is 1. The van der Waals surface area contributed by atoms with Crippen LogP contribution in [0.2, 0.25) is 0 Å². The molecule has 0 atom stereocenters. The van der Waals surface area contributed by atoms with Crippen LogP contribution >= 0.6 is 0 Å². The molecule has 0 unspecified atom stereocenters. The zero-order valence-corrected chi connectivity index (χ0v) is 7.16. The second kappa shape index (κ2) is 4.25. The van der Waals surface area contributed by atoms with Crippen LogP contribution < -0.4 is 11.1 Å². The minimum Gasteiger partial charge on any atom is -0.384 e. The van der Waals surface area contributed by atoms with Crippen molar-refractivity contribution < 1.29 is 4.79 Å². The van der Waals surface area contributed by atoms with Crippen LogP contribution in [0, 0.1) is 0 Å². The molecule has 1 aromatic heterocycles. The number of anilines is 2. The number of rotatable bonds is 3. The molecule has 0 radical (unpaired) electrons. The lowest BCUT2D eigenvalue weighted by atomic mass is 10.3. The summed E-state index contributed by atoms with van der Waals surface area (Å²) in [7, 11) is 0. The molecule has 0 bridgehead atoms. The van der Waals surface area contributed by atoms with Crippen molar-refractivity contribution in [2.24, 2.45) is 0 Å². The van der Waals surface area contributed by atoms with Gasteiger partial charge in [-0.05, 0) is 12.1 Å². The third-order valence-corrected chi connectivity index (χ3v) is 1.40. The first-order valence-corrected chi connectivity index (χ1v) is 3.84. The number of nitrogens with two attached hydrogens (primary N) is 1. The van der Waals surface area contributed by atoms with Gasteiger partial charge in [-0.3, -0.25) is 4.79 Å². The normalized spacial score (nSPS) is 9.23. The Balaban J connectivity index is 2.59. The highest BCUT2D eigenvalue weighted by atomic mass is 16.1. The smallest absolute Gasteiger partial charge is 0.228 e. The van der Waals surface area contributed by atoms with E-state index in [1.807, 2.05) is 0 Å². The lowest BCUT2D eigenvalue weighted by Crippen LogP contribution is -2.10. The van der Waals surface area contributed by atoms with Gasteiger partial charge >= 0.3 is 0 Å². The SMILES string of the molecule is C=CCC(=O)Nc1ccc(N)nc1. The van der Waals surface area contributed by atoms with Crippen LogP contribution in [-0.2, 0) is 4.79 Å². The molecule has 1 rings (SSSR count). The highest BCUT2D eigenvalue weighted by Crippen LogP contribution is 2.06. The zero-order valence-electron chi connectivity index (χ0n) is 7.16. The Morgan fingerprint density at radius 3 is 3.00 bits per heavy atom. The van der Waals surface area contributed by atoms with E-state index >= 15 is 0 Å². The number of aromatic nitrogens is 1. The summed E-state index contributed by atoms with van der Waals surface area (Å²) in [4.78, 5) is 14.9. The average molecular weight is 177 g/mol. The van der Waals surface area contributed by atoms with Crippen molar-refractivity contribution in [1.82, 2.24) is 4.98 Å². The van der Waals surface area contributed by atoms with Gasteiger partial charge in [0.15, 0.2) is 0 Å². The quantitative estimate of drug-likeness (QED) is 0.681. The maximum absolute atomic E-state index is 11.1. The first kappa shape index (κ1) is 9.25. The number of nitrogen functional groups attached to an aromatic ring is 1. The first-order valence-electron chi connectivity index (χ1n) is 3.84. The summed E-state index contributed by atoms with van der Waals surface area (Å²) < 4.78 is 0. The van der Waals surface area contributed by atoms with Gasteiger partial charge < -0.3 is 11.1 Å². The van der Waals surface area contributed by atoms with E-state index in [2.05, 4.69) is 16.9 Å². The molecule has 0 saturated carbocycles. The summed E-state index contributed by atoms with van der Waals surface area (Å²) in [5.74, 6) is 0.322. The van der Waals surface area contributed by atoms with Gasteiger partial charge in [-0.2, -0.15) is 0 Å². The Morgan fingerprint density at radius 1 is 1.69 bits per heavy atom. The van der Waals surface area contributed by atoms with Crippen molar-refractivity contribution >= 4 is 17.4 Å². The standard InChI is InChI=1S/C9H11N3O/c1-2-3-9(13)12-7-4-5-8(10)11-6-7/h2,4-6H,1,3H2,(H2,10,11)(H,12,13). The fourth-order valence-corrected chi connectivity index (χ4v) is 0.822. The third-order valence-electron chi connectivity index (χ3n) is 1.40. The largest absolute Gasteiger partial charge is 0.384 e. The molecule has 3 N–H and O–H groups in total. The minimum absolute atomic E-state index is 0.110. The fourth-order valence-electron chi connectivity index (χ4n) is 0.822. The minimum atomic E-state index is -0.110. The first-order chi connectivity index (χ1) is 6.22. The molecule has 0 spiro atoms. The summed E-state index contributed by atoms with van der Waals surface area (Å²) in [6.07, 6.45) is 3.35. The second-order valence-electron chi connectivity index (χ2n) is 2.51. The molecule has 68 valence electrons. The predicted molar refractivity (Wildman–Crippen MR) is 52.1 cm³/mol. The molecule has 1 amide bonds. The molecule has 0 aliphatic heterocycles. The molecular formula is C9H11N3O. The lowest BCUT2D eigenvalue weighted by molar-refractivity contribution is -0.115. The van der Waals surface area contributed by atoms with Crippen LogP contribution in [0.25, 0.3) is 0 Å². The van der Waals surface area contributed by atoms with E-state index in [1.54, 1.807) is 18.2 Å². The van der Waals surface area contributed by atoms with E-state index in [4.69, 9.17) is 5.73 Å². The van der Waals surface area contributed by atoms with Crippen LogP contribution in [0.15, 0.2) is 31.0 Å². The number of carbonyl (C=O) groups excluding carboxylic acids is 1. The number of nitrogens with zero attached hydrogens (tertiary/aromatic N) is 1. The third kappa shape index (κ3) is 2.94. The van der Waals surface area contributed by atoms with Crippen molar-refractivity contribution in [3.05, 3.63) is 31.0 Å². The van der Waals surface area contributed by atoms with Crippen molar-refractivity contribution in [3.63, 3.8) is 0 Å². The van der Waals surface area contributed by atoms with Crippen molar-refractivity contribution in [1.29, 1.82) is 0 Å². The number of hydrogen-bond donors (Lipinski definition) is 2. The fraction of sp³-hybridized carbons (Fsp3) is 0.111. The number of amides is 1. The Morgan fingerprint density at radius 2 is 2.46 bits per heavy atom. The van der Waals surface area contributed by atoms with Gasteiger partial charge in [-0.25, -0.2) is 4.98 Å². The summed E-state index contributed by atoms with van der Waals surface area (Å²) in [6, 6.07) is 3.33. The number of carbonyl (C=O) groups is 1. The van der Waals surface area contributed by atoms with E-state index in [1.165, 1.54) is 6.20 Å². The molecule has 4 heteroatoms. The Labute approximate surface area is 76.5 Å². The molecule has 1 heterocycles. The van der Waals surface area contributed by atoms with Crippen molar-refractivity contribution in [2.45, 2.75) is 6.42 Å². The van der Waals surface area contributed by atoms with Gasteiger partial charge in [0.05, 0.1) is 11.9 Å². The highest BCUT2D eigenvalue weighted by molar-refractivity contribution is 5.91. The van der Waals surface area contributed by atoms with Gasteiger partial charge in [0, 0.05) is 6.42 Å². The molecule has 0 fully saturated rings. The number of nitrogens with one attached hydrogen (secondary N) is 1. The van der Waals surface area contributed by atoms with E-state index in [9.17, 15) is 4.79 Å². The summed E-state index contributed by atoms with van der Waals surface area (Å²) >= 11 is 0. The molecule has 4 nitrogen and oxygen atoms in total. The van der Waals surface area contributed by atoms with Crippen LogP contribution in [0.1, 0.15) is 6.42 Å². The van der Waals surface area contributed by atoms with Gasteiger partial charge in [0.2, 0.25) is 5.91 Å². The molecule has 0 aliphatic rings. The maximum Gasteiger partial charge on any atom is 0.228 e. The van der Waals surface area contributed by atoms with Gasteiger partial charge in [-0.1, -0.05) is 6.08 Å². The number of hydrogen-bond acceptors (Lipinski definition) is 3. The van der Waals surface area contributed by atoms with Crippen LogP contribution in [0.4, 0.5) is 11.5 Å². The van der Waals surface area contributed by atoms with Crippen LogP contribution in [0.5, 0.6) is 0 Å². The molecule has 13 heavy (non-hydrogen) atoms. The molecule has 1 aromatic rings. The predicted octanol–water partition coefficient (Wildman–Crippen LogP) is 1.18. The van der Waals surface area contributed by atoms with Gasteiger partial charge in [-0.15, -0.1) is 6.58 Å². The Bertz CT molecular complexity index is 305. The van der Waals surface area contributed by atoms with E-state index < -0.39 is 0 Å². The Kier molecular flexibility index (Phi) is 3.03. The Hall–Kier alpha value is -1.84. The lowest BCUT2D eigenvalue weighted by Gasteiger charge is -2.02. The highest BCUT2D eigenvalue weighted by Gasteiger charge is 1.98. The molecule has 0 aliphatic carbocycles. The summed E-state index contributed by atoms with van der Waals surface area (Å²) in [5, 5.41) is 2.64. The van der Waals surface area contributed by atoms with Crippen molar-refractivity contribution in [3.8, 4) is 0 Å². The monoisotopic (exact) mass is 177 g/mol.